The molecule has 1 amide bonds. The number of anilines is 2. The molecule has 1 aliphatic heterocycles. The summed E-state index contributed by atoms with van der Waals surface area (Å²) in [6, 6.07) is 9.60. The average molecular weight is 472 g/mol. The summed E-state index contributed by atoms with van der Waals surface area (Å²) in [5.74, 6) is -0.233. The van der Waals surface area contributed by atoms with Crippen molar-refractivity contribution in [2.75, 3.05) is 28.9 Å². The molecule has 8 nitrogen and oxygen atoms in total. The molecule has 1 aromatic carbocycles. The molecule has 30 heavy (non-hydrogen) atoms. The molecule has 2 N–H and O–H groups in total. The van der Waals surface area contributed by atoms with Crippen LogP contribution in [0.4, 0.5) is 11.4 Å². The lowest BCUT2D eigenvalue weighted by Gasteiger charge is -2.13. The fourth-order valence-electron chi connectivity index (χ4n) is 3.13. The number of sulfonamides is 2. The smallest absolute Gasteiger partial charge is 0.252 e. The summed E-state index contributed by atoms with van der Waals surface area (Å²) in [6.45, 7) is 2.87. The predicted molar refractivity (Wildman–Crippen MR) is 119 cm³/mol. The Morgan fingerprint density at radius 3 is 2.27 bits per heavy atom. The van der Waals surface area contributed by atoms with E-state index in [1.807, 2.05) is 0 Å². The van der Waals surface area contributed by atoms with Gasteiger partial charge in [-0.05, 0) is 55.7 Å². The molecule has 11 heteroatoms. The Morgan fingerprint density at radius 2 is 1.63 bits per heavy atom. The standard InChI is InChI=1S/C19H25N3O5S3/c1-2-13-29(24,25)21-16-7-5-15(6-8-16)20-18(23)14-17-9-10-19(28-17)30(26,27)22-11-3-4-12-22/h5-10,21H,2-4,11-14H2,1H3,(H,20,23). The van der Waals surface area contributed by atoms with Crippen LogP contribution in [0.5, 0.6) is 0 Å². The first kappa shape index (κ1) is 22.7. The normalized spacial score (nSPS) is 15.2. The van der Waals surface area contributed by atoms with Gasteiger partial charge in [0.2, 0.25) is 15.9 Å². The van der Waals surface area contributed by atoms with Gasteiger partial charge in [-0.1, -0.05) is 6.92 Å². The van der Waals surface area contributed by atoms with Crippen molar-refractivity contribution in [3.63, 3.8) is 0 Å². The van der Waals surface area contributed by atoms with Crippen molar-refractivity contribution in [1.29, 1.82) is 0 Å². The quantitative estimate of drug-likeness (QED) is 0.584. The molecule has 2 heterocycles. The SMILES string of the molecule is CCCS(=O)(=O)Nc1ccc(NC(=O)Cc2ccc(S(=O)(=O)N3CCCC3)s2)cc1. The molecule has 3 rings (SSSR count). The lowest BCUT2D eigenvalue weighted by atomic mass is 10.2. The summed E-state index contributed by atoms with van der Waals surface area (Å²) >= 11 is 1.11. The minimum Gasteiger partial charge on any atom is -0.326 e. The number of thiophene rings is 1. The van der Waals surface area contributed by atoms with Crippen LogP contribution in [0.15, 0.2) is 40.6 Å². The molecule has 0 saturated carbocycles. The van der Waals surface area contributed by atoms with Crippen molar-refractivity contribution in [3.8, 4) is 0 Å². The lowest BCUT2D eigenvalue weighted by molar-refractivity contribution is -0.115. The van der Waals surface area contributed by atoms with Crippen molar-refractivity contribution < 1.29 is 21.6 Å². The summed E-state index contributed by atoms with van der Waals surface area (Å²) < 4.78 is 53.0. The first-order chi connectivity index (χ1) is 14.2. The fraction of sp³-hybridized carbons (Fsp3) is 0.421. The monoisotopic (exact) mass is 471 g/mol. The first-order valence-electron chi connectivity index (χ1n) is 9.69. The van der Waals surface area contributed by atoms with Gasteiger partial charge in [0, 0.05) is 29.3 Å². The van der Waals surface area contributed by atoms with Crippen molar-refractivity contribution >= 4 is 48.7 Å². The maximum atomic E-state index is 12.6. The van der Waals surface area contributed by atoms with Gasteiger partial charge in [-0.25, -0.2) is 16.8 Å². The molecule has 1 aliphatic rings. The number of nitrogens with zero attached hydrogens (tertiary/aromatic N) is 1. The highest BCUT2D eigenvalue weighted by Gasteiger charge is 2.28. The molecule has 0 bridgehead atoms. The number of amides is 1. The Balaban J connectivity index is 1.58. The molecule has 0 aliphatic carbocycles. The average Bonchev–Trinajstić information content (AvgIpc) is 3.35. The number of carbonyl (C=O) groups is 1. The zero-order valence-electron chi connectivity index (χ0n) is 16.6. The van der Waals surface area contributed by atoms with Crippen LogP contribution in [-0.2, 0) is 31.3 Å². The second kappa shape index (κ2) is 9.46. The van der Waals surface area contributed by atoms with Gasteiger partial charge >= 0.3 is 0 Å². The number of hydrogen-bond donors (Lipinski definition) is 2. The Bertz CT molecular complexity index is 1090. The molecule has 1 aromatic heterocycles. The van der Waals surface area contributed by atoms with E-state index in [9.17, 15) is 21.6 Å². The summed E-state index contributed by atoms with van der Waals surface area (Å²) in [4.78, 5) is 13.0. The van der Waals surface area contributed by atoms with Gasteiger partial charge in [0.1, 0.15) is 4.21 Å². The highest BCUT2D eigenvalue weighted by molar-refractivity contribution is 7.92. The van der Waals surface area contributed by atoms with Gasteiger partial charge < -0.3 is 5.32 Å². The van der Waals surface area contributed by atoms with Crippen LogP contribution in [0.25, 0.3) is 0 Å². The molecular formula is C19H25N3O5S3. The van der Waals surface area contributed by atoms with Crippen LogP contribution in [0.1, 0.15) is 31.1 Å². The van der Waals surface area contributed by atoms with Gasteiger partial charge in [-0.3, -0.25) is 9.52 Å². The fourth-order valence-corrected chi connectivity index (χ4v) is 7.29. The third kappa shape index (κ3) is 5.81. The van der Waals surface area contributed by atoms with Gasteiger partial charge in [-0.2, -0.15) is 4.31 Å². The van der Waals surface area contributed by atoms with Gasteiger partial charge in [-0.15, -0.1) is 11.3 Å². The molecule has 0 unspecified atom stereocenters. The maximum Gasteiger partial charge on any atom is 0.252 e. The molecule has 2 aromatic rings. The number of rotatable bonds is 9. The molecular weight excluding hydrogens is 446 g/mol. The second-order valence-corrected chi connectivity index (χ2v) is 12.2. The van der Waals surface area contributed by atoms with Crippen molar-refractivity contribution in [2.45, 2.75) is 36.8 Å². The largest absolute Gasteiger partial charge is 0.326 e. The maximum absolute atomic E-state index is 12.6. The highest BCUT2D eigenvalue weighted by atomic mass is 32.2. The van der Waals surface area contributed by atoms with E-state index >= 15 is 0 Å². The summed E-state index contributed by atoms with van der Waals surface area (Å²) in [5, 5.41) is 2.74. The van der Waals surface area contributed by atoms with E-state index in [0.717, 1.165) is 24.2 Å². The van der Waals surface area contributed by atoms with Crippen LogP contribution >= 0.6 is 11.3 Å². The zero-order valence-corrected chi connectivity index (χ0v) is 19.1. The van der Waals surface area contributed by atoms with Crippen molar-refractivity contribution in [1.82, 2.24) is 4.31 Å². The summed E-state index contributed by atoms with van der Waals surface area (Å²) in [6.07, 6.45) is 2.33. The number of nitrogens with one attached hydrogen (secondary N) is 2. The Labute approximate surface area is 181 Å². The van der Waals surface area contributed by atoms with Crippen LogP contribution in [0, 0.1) is 0 Å². The molecule has 1 fully saturated rings. The molecule has 164 valence electrons. The second-order valence-electron chi connectivity index (χ2n) is 7.06. The van der Waals surface area contributed by atoms with E-state index in [4.69, 9.17) is 0 Å². The van der Waals surface area contributed by atoms with Crippen LogP contribution < -0.4 is 10.0 Å². The van der Waals surface area contributed by atoms with E-state index in [0.29, 0.717) is 35.8 Å². The van der Waals surface area contributed by atoms with Crippen molar-refractivity contribution in [3.05, 3.63) is 41.3 Å². The third-order valence-corrected chi connectivity index (χ3v) is 9.49. The van der Waals surface area contributed by atoms with E-state index in [1.165, 1.54) is 4.31 Å². The van der Waals surface area contributed by atoms with Crippen molar-refractivity contribution in [2.24, 2.45) is 0 Å². The number of hydrogen-bond acceptors (Lipinski definition) is 6. The van der Waals surface area contributed by atoms with Gasteiger partial charge in [0.15, 0.2) is 0 Å². The lowest BCUT2D eigenvalue weighted by Crippen LogP contribution is -2.27. The first-order valence-corrected chi connectivity index (χ1v) is 13.6. The predicted octanol–water partition coefficient (Wildman–Crippen LogP) is 2.87. The number of benzene rings is 1. The van der Waals surface area contributed by atoms with E-state index in [1.54, 1.807) is 43.3 Å². The molecule has 0 spiro atoms. The van der Waals surface area contributed by atoms with Gasteiger partial charge in [0.05, 0.1) is 12.2 Å². The Kier molecular flexibility index (Phi) is 7.17. The summed E-state index contributed by atoms with van der Waals surface area (Å²) in [5.41, 5.74) is 0.955. The van der Waals surface area contributed by atoms with E-state index in [-0.39, 0.29) is 22.3 Å². The molecule has 0 atom stereocenters. The molecule has 1 saturated heterocycles. The van der Waals surface area contributed by atoms with E-state index in [2.05, 4.69) is 10.0 Å². The highest BCUT2D eigenvalue weighted by Crippen LogP contribution is 2.27. The Morgan fingerprint density at radius 1 is 1.00 bits per heavy atom. The molecule has 0 radical (unpaired) electrons. The minimum absolute atomic E-state index is 0.0434. The topological polar surface area (TPSA) is 113 Å². The van der Waals surface area contributed by atoms with E-state index < -0.39 is 20.0 Å². The van der Waals surface area contributed by atoms with Gasteiger partial charge in [0.25, 0.3) is 10.0 Å². The summed E-state index contributed by atoms with van der Waals surface area (Å²) in [7, 11) is -6.84. The van der Waals surface area contributed by atoms with Crippen LogP contribution in [-0.4, -0.2) is 45.9 Å². The Hall–Kier alpha value is -1.95. The van der Waals surface area contributed by atoms with Crippen LogP contribution in [0.2, 0.25) is 0 Å². The minimum atomic E-state index is -3.47. The van der Waals surface area contributed by atoms with Crippen LogP contribution in [0.3, 0.4) is 0 Å². The third-order valence-electron chi connectivity index (χ3n) is 4.55. The number of carbonyl (C=O) groups excluding carboxylic acids is 1. The zero-order chi connectivity index (χ0) is 21.8.